The van der Waals surface area contributed by atoms with E-state index >= 15 is 0 Å². The molecular formula is C14H19N3O2. The van der Waals surface area contributed by atoms with Crippen LogP contribution >= 0.6 is 0 Å². The fourth-order valence-electron chi connectivity index (χ4n) is 2.54. The van der Waals surface area contributed by atoms with Crippen molar-refractivity contribution >= 4 is 16.9 Å². The maximum atomic E-state index is 10.8. The maximum Gasteiger partial charge on any atom is 0.304 e. The van der Waals surface area contributed by atoms with Crippen LogP contribution < -0.4 is 11.1 Å². The molecule has 4 N–H and O–H groups in total. The van der Waals surface area contributed by atoms with Gasteiger partial charge in [0.25, 0.3) is 0 Å². The van der Waals surface area contributed by atoms with Crippen LogP contribution in [0, 0.1) is 0 Å². The summed E-state index contributed by atoms with van der Waals surface area (Å²) in [6.45, 7) is 0. The molecule has 5 heteroatoms. The lowest BCUT2D eigenvalue weighted by atomic mass is 9.97. The number of aryl methyl sites for hydroxylation is 1. The molecule has 0 aliphatic heterocycles. The van der Waals surface area contributed by atoms with Gasteiger partial charge in [0.15, 0.2) is 0 Å². The number of rotatable bonds is 5. The van der Waals surface area contributed by atoms with E-state index in [1.807, 2.05) is 42.1 Å². The molecular weight excluding hydrogens is 242 g/mol. The first-order valence-electron chi connectivity index (χ1n) is 6.23. The van der Waals surface area contributed by atoms with Gasteiger partial charge in [-0.2, -0.15) is 0 Å². The van der Waals surface area contributed by atoms with E-state index in [9.17, 15) is 4.79 Å². The van der Waals surface area contributed by atoms with Crippen LogP contribution in [0.25, 0.3) is 10.9 Å². The summed E-state index contributed by atoms with van der Waals surface area (Å²) < 4.78 is 2.03. The molecule has 2 rings (SSSR count). The molecule has 1 heterocycles. The van der Waals surface area contributed by atoms with Crippen LogP contribution in [-0.2, 0) is 11.8 Å². The largest absolute Gasteiger partial charge is 0.481 e. The predicted octanol–water partition coefficient (Wildman–Crippen LogP) is 1.24. The second-order valence-electron chi connectivity index (χ2n) is 4.74. The van der Waals surface area contributed by atoms with Gasteiger partial charge in [-0.15, -0.1) is 0 Å². The molecule has 0 spiro atoms. The fraction of sp³-hybridized carbons (Fsp3) is 0.357. The van der Waals surface area contributed by atoms with Crippen molar-refractivity contribution < 1.29 is 9.90 Å². The average molecular weight is 261 g/mol. The van der Waals surface area contributed by atoms with Gasteiger partial charge >= 0.3 is 5.97 Å². The number of hydrogen-bond acceptors (Lipinski definition) is 3. The smallest absolute Gasteiger partial charge is 0.304 e. The number of nitrogens with one attached hydrogen (secondary N) is 1. The van der Waals surface area contributed by atoms with Crippen molar-refractivity contribution in [1.29, 1.82) is 0 Å². The number of aromatic nitrogens is 1. The van der Waals surface area contributed by atoms with E-state index in [1.54, 1.807) is 7.05 Å². The summed E-state index contributed by atoms with van der Waals surface area (Å²) in [5.41, 5.74) is 8.16. The van der Waals surface area contributed by atoms with Gasteiger partial charge in [-0.3, -0.25) is 4.79 Å². The standard InChI is InChI=1S/C14H19N3O2/c1-16-14(11(15)7-13(18)19)10-8-17(2)12-6-4-3-5-9(10)12/h3-6,8,11,14,16H,7,15H2,1-2H3,(H,18,19). The Balaban J connectivity index is 2.43. The van der Waals surface area contributed by atoms with E-state index in [4.69, 9.17) is 10.8 Å². The molecule has 1 aromatic heterocycles. The number of hydrogen-bond donors (Lipinski definition) is 3. The Morgan fingerprint density at radius 2 is 2.16 bits per heavy atom. The van der Waals surface area contributed by atoms with E-state index in [0.717, 1.165) is 16.5 Å². The Hall–Kier alpha value is -1.85. The van der Waals surface area contributed by atoms with E-state index in [-0.39, 0.29) is 12.5 Å². The molecule has 2 aromatic rings. The van der Waals surface area contributed by atoms with Crippen LogP contribution in [0.2, 0.25) is 0 Å². The molecule has 0 aliphatic carbocycles. The Labute approximate surface area is 112 Å². The third-order valence-electron chi connectivity index (χ3n) is 3.41. The summed E-state index contributed by atoms with van der Waals surface area (Å²) in [7, 11) is 3.77. The zero-order valence-corrected chi connectivity index (χ0v) is 11.1. The molecule has 2 atom stereocenters. The zero-order chi connectivity index (χ0) is 14.0. The van der Waals surface area contributed by atoms with Crippen LogP contribution in [0.5, 0.6) is 0 Å². The maximum absolute atomic E-state index is 10.8. The highest BCUT2D eigenvalue weighted by Gasteiger charge is 2.23. The molecule has 0 fully saturated rings. The number of fused-ring (bicyclic) bond motifs is 1. The van der Waals surface area contributed by atoms with Gasteiger partial charge in [0.2, 0.25) is 0 Å². The van der Waals surface area contributed by atoms with Crippen molar-refractivity contribution in [2.75, 3.05) is 7.05 Å². The van der Waals surface area contributed by atoms with Gasteiger partial charge in [0.05, 0.1) is 6.42 Å². The first-order valence-corrected chi connectivity index (χ1v) is 6.23. The number of benzene rings is 1. The number of nitrogens with two attached hydrogens (primary N) is 1. The lowest BCUT2D eigenvalue weighted by Crippen LogP contribution is -2.37. The summed E-state index contributed by atoms with van der Waals surface area (Å²) >= 11 is 0. The Bertz CT molecular complexity index is 591. The number of para-hydroxylation sites is 1. The number of nitrogens with zero attached hydrogens (tertiary/aromatic N) is 1. The number of carboxylic acids is 1. The van der Waals surface area contributed by atoms with Crippen LogP contribution in [0.3, 0.4) is 0 Å². The Morgan fingerprint density at radius 1 is 1.47 bits per heavy atom. The first-order chi connectivity index (χ1) is 9.04. The molecule has 0 saturated carbocycles. The quantitative estimate of drug-likeness (QED) is 0.756. The minimum Gasteiger partial charge on any atom is -0.481 e. The fourth-order valence-corrected chi connectivity index (χ4v) is 2.54. The molecule has 5 nitrogen and oxygen atoms in total. The van der Waals surface area contributed by atoms with Crippen molar-refractivity contribution in [3.05, 3.63) is 36.0 Å². The molecule has 1 aromatic carbocycles. The molecule has 0 aliphatic rings. The number of carboxylic acid groups (broad SMARTS) is 1. The molecule has 0 amide bonds. The summed E-state index contributed by atoms with van der Waals surface area (Å²) in [6, 6.07) is 7.38. The highest BCUT2D eigenvalue weighted by Crippen LogP contribution is 2.27. The van der Waals surface area contributed by atoms with Gasteiger partial charge in [-0.1, -0.05) is 18.2 Å². The number of aliphatic carboxylic acids is 1. The second-order valence-corrected chi connectivity index (χ2v) is 4.74. The highest BCUT2D eigenvalue weighted by atomic mass is 16.4. The lowest BCUT2D eigenvalue weighted by Gasteiger charge is -2.22. The number of likely N-dealkylation sites (N-methyl/N-ethyl adjacent to an activating group) is 1. The Morgan fingerprint density at radius 3 is 2.79 bits per heavy atom. The minimum atomic E-state index is -0.881. The average Bonchev–Trinajstić information content (AvgIpc) is 2.68. The molecule has 0 saturated heterocycles. The predicted molar refractivity (Wildman–Crippen MR) is 74.9 cm³/mol. The van der Waals surface area contributed by atoms with E-state index in [1.165, 1.54) is 0 Å². The van der Waals surface area contributed by atoms with Gasteiger partial charge in [0, 0.05) is 36.2 Å². The summed E-state index contributed by atoms with van der Waals surface area (Å²) in [5.74, 6) is -0.881. The van der Waals surface area contributed by atoms with Crippen molar-refractivity contribution in [3.63, 3.8) is 0 Å². The summed E-state index contributed by atoms with van der Waals surface area (Å²) in [6.07, 6.45) is 1.95. The number of carbonyl (C=O) groups is 1. The zero-order valence-electron chi connectivity index (χ0n) is 11.1. The van der Waals surface area contributed by atoms with Crippen LogP contribution in [-0.4, -0.2) is 28.7 Å². The first kappa shape index (κ1) is 13.6. The van der Waals surface area contributed by atoms with E-state index in [0.29, 0.717) is 0 Å². The van der Waals surface area contributed by atoms with Gasteiger partial charge < -0.3 is 20.7 Å². The normalized spacial score (nSPS) is 14.5. The van der Waals surface area contributed by atoms with Gasteiger partial charge in [-0.05, 0) is 18.7 Å². The SMILES string of the molecule is CNC(c1cn(C)c2ccccc12)C(N)CC(=O)O. The van der Waals surface area contributed by atoms with Crippen LogP contribution in [0.1, 0.15) is 18.0 Å². The van der Waals surface area contributed by atoms with Gasteiger partial charge in [0.1, 0.15) is 0 Å². The van der Waals surface area contributed by atoms with Crippen LogP contribution in [0.15, 0.2) is 30.5 Å². The van der Waals surface area contributed by atoms with E-state index < -0.39 is 12.0 Å². The third-order valence-corrected chi connectivity index (χ3v) is 3.41. The van der Waals surface area contributed by atoms with Crippen molar-refractivity contribution in [1.82, 2.24) is 9.88 Å². The third kappa shape index (κ3) is 2.62. The second kappa shape index (κ2) is 5.42. The summed E-state index contributed by atoms with van der Waals surface area (Å²) in [4.78, 5) is 10.8. The van der Waals surface area contributed by atoms with Crippen LogP contribution in [0.4, 0.5) is 0 Å². The van der Waals surface area contributed by atoms with Crippen molar-refractivity contribution in [2.24, 2.45) is 12.8 Å². The molecule has 19 heavy (non-hydrogen) atoms. The monoisotopic (exact) mass is 261 g/mol. The molecule has 0 radical (unpaired) electrons. The van der Waals surface area contributed by atoms with E-state index in [2.05, 4.69) is 5.32 Å². The molecule has 102 valence electrons. The lowest BCUT2D eigenvalue weighted by molar-refractivity contribution is -0.137. The summed E-state index contributed by atoms with van der Waals surface area (Å²) in [5, 5.41) is 13.1. The van der Waals surface area contributed by atoms with Crippen molar-refractivity contribution in [3.8, 4) is 0 Å². The highest BCUT2D eigenvalue weighted by molar-refractivity contribution is 5.84. The van der Waals surface area contributed by atoms with Gasteiger partial charge in [-0.25, -0.2) is 0 Å². The molecule has 0 bridgehead atoms. The molecule has 2 unspecified atom stereocenters. The van der Waals surface area contributed by atoms with Crippen molar-refractivity contribution in [2.45, 2.75) is 18.5 Å². The Kier molecular flexibility index (Phi) is 3.87. The topological polar surface area (TPSA) is 80.3 Å². The minimum absolute atomic E-state index is 0.0608.